The van der Waals surface area contributed by atoms with E-state index in [1.165, 1.54) is 49.2 Å². The van der Waals surface area contributed by atoms with E-state index in [-0.39, 0.29) is 21.7 Å². The number of hydrogen-bond donors (Lipinski definition) is 0. The Kier molecular flexibility index (Phi) is 6.94. The zero-order valence-corrected chi connectivity index (χ0v) is 20.1. The molecule has 0 nitrogen and oxygen atoms in total. The Morgan fingerprint density at radius 3 is 2.42 bits per heavy atom. The zero-order chi connectivity index (χ0) is 20.3. The fourth-order valence-electron chi connectivity index (χ4n) is 4.12. The molecule has 0 spiro atoms. The summed E-state index contributed by atoms with van der Waals surface area (Å²) in [6, 6.07) is 39.9. The summed E-state index contributed by atoms with van der Waals surface area (Å²) in [7, 11) is 0.754. The minimum absolute atomic E-state index is 0. The van der Waals surface area contributed by atoms with Gasteiger partial charge >= 0.3 is 21.7 Å². The molecule has 0 heterocycles. The van der Waals surface area contributed by atoms with Gasteiger partial charge in [-0.1, -0.05) is 65.7 Å². The van der Waals surface area contributed by atoms with Gasteiger partial charge in [0.1, 0.15) is 0 Å². The van der Waals surface area contributed by atoms with Crippen molar-refractivity contribution < 1.29 is 21.7 Å². The second-order valence-electron chi connectivity index (χ2n) is 7.67. The molecule has 0 aromatic heterocycles. The molecular weight excluding hydrogens is 427 g/mol. The topological polar surface area (TPSA) is 0 Å². The van der Waals surface area contributed by atoms with Crippen molar-refractivity contribution in [2.45, 2.75) is 13.3 Å². The third kappa shape index (κ3) is 4.63. The molecule has 0 bridgehead atoms. The molecule has 2 heteroatoms. The van der Waals surface area contributed by atoms with Crippen molar-refractivity contribution in [1.29, 1.82) is 0 Å². The van der Waals surface area contributed by atoms with Crippen molar-refractivity contribution in [3.63, 3.8) is 0 Å². The van der Waals surface area contributed by atoms with Crippen molar-refractivity contribution in [3.05, 3.63) is 126 Å². The van der Waals surface area contributed by atoms with Crippen LogP contribution in [0.25, 0.3) is 21.9 Å². The first kappa shape index (κ1) is 21.9. The summed E-state index contributed by atoms with van der Waals surface area (Å²) < 4.78 is 0. The molecule has 0 fully saturated rings. The van der Waals surface area contributed by atoms with Crippen LogP contribution >= 0.6 is 8.58 Å². The Hall–Kier alpha value is -2.37. The summed E-state index contributed by atoms with van der Waals surface area (Å²) in [6.07, 6.45) is 1.05. The normalized spacial score (nSPS) is 11.5. The van der Waals surface area contributed by atoms with Crippen LogP contribution in [0, 0.1) is 13.0 Å². The molecule has 0 saturated heterocycles. The first-order valence-corrected chi connectivity index (χ1v) is 11.3. The quantitative estimate of drug-likeness (QED) is 0.159. The minimum Gasteiger partial charge on any atom is -0.179 e. The Balaban J connectivity index is 0.000000149. The van der Waals surface area contributed by atoms with Gasteiger partial charge in [-0.2, -0.15) is 35.9 Å². The molecule has 6 rings (SSSR count). The summed E-state index contributed by atoms with van der Waals surface area (Å²) in [5.41, 5.74) is 6.90. The van der Waals surface area contributed by atoms with E-state index < -0.39 is 0 Å². The second kappa shape index (κ2) is 9.84. The Bertz CT molecular complexity index is 1270. The molecule has 31 heavy (non-hydrogen) atoms. The van der Waals surface area contributed by atoms with Gasteiger partial charge < -0.3 is 0 Å². The third-order valence-corrected chi connectivity index (χ3v) is 7.25. The molecule has 0 amide bonds. The summed E-state index contributed by atoms with van der Waals surface area (Å²) in [6.45, 7) is 2.19. The van der Waals surface area contributed by atoms with Crippen LogP contribution in [0.4, 0.5) is 0 Å². The molecule has 148 valence electrons. The number of aryl methyl sites for hydroxylation is 1. The fraction of sp³-hybridized carbons (Fsp3) is 0.0690. The van der Waals surface area contributed by atoms with Crippen LogP contribution in [0.15, 0.2) is 103 Å². The molecule has 0 N–H and O–H groups in total. The van der Waals surface area contributed by atoms with Crippen LogP contribution in [-0.4, -0.2) is 0 Å². The van der Waals surface area contributed by atoms with Crippen molar-refractivity contribution in [3.8, 4) is 11.1 Å². The molecule has 1 aliphatic rings. The van der Waals surface area contributed by atoms with E-state index in [1.54, 1.807) is 0 Å². The molecule has 5 aromatic rings. The van der Waals surface area contributed by atoms with Crippen LogP contribution in [-0.2, 0) is 28.1 Å². The van der Waals surface area contributed by atoms with Crippen molar-refractivity contribution >= 4 is 30.0 Å². The van der Waals surface area contributed by atoms with E-state index in [1.807, 2.05) is 6.07 Å². The maximum atomic E-state index is 3.30. The molecule has 0 saturated carbocycles. The number of benzene rings is 4. The summed E-state index contributed by atoms with van der Waals surface area (Å²) in [5, 5.41) is 5.65. The average Bonchev–Trinajstić information content (AvgIpc) is 3.37. The monoisotopic (exact) mass is 450 g/mol. The van der Waals surface area contributed by atoms with Crippen molar-refractivity contribution in [2.24, 2.45) is 0 Å². The predicted molar refractivity (Wildman–Crippen MR) is 132 cm³/mol. The van der Waals surface area contributed by atoms with Gasteiger partial charge in [0.05, 0.1) is 0 Å². The van der Waals surface area contributed by atoms with Gasteiger partial charge in [0.25, 0.3) is 0 Å². The van der Waals surface area contributed by atoms with Crippen LogP contribution in [0.2, 0.25) is 0 Å². The predicted octanol–water partition coefficient (Wildman–Crippen LogP) is 6.55. The smallest absolute Gasteiger partial charge is 0.179 e. The molecule has 0 radical (unpaired) electrons. The Morgan fingerprint density at radius 2 is 1.52 bits per heavy atom. The molecule has 1 aliphatic carbocycles. The number of hydrogen-bond acceptors (Lipinski definition) is 0. The molecule has 5 aromatic carbocycles. The average molecular weight is 450 g/mol. The minimum atomic E-state index is 0. The van der Waals surface area contributed by atoms with E-state index >= 15 is 0 Å². The molecular formula is C29H23PTi. The van der Waals surface area contributed by atoms with Crippen molar-refractivity contribution in [2.75, 3.05) is 0 Å². The number of fused-ring (bicyclic) bond motifs is 4. The molecule has 1 unspecified atom stereocenters. The first-order valence-electron chi connectivity index (χ1n) is 10.3. The summed E-state index contributed by atoms with van der Waals surface area (Å²) >= 11 is 0. The van der Waals surface area contributed by atoms with E-state index in [2.05, 4.69) is 110 Å². The molecule has 1 atom stereocenters. The Labute approximate surface area is 201 Å². The maximum Gasteiger partial charge on any atom is 2.00 e. The van der Waals surface area contributed by atoms with Crippen LogP contribution < -0.4 is 10.6 Å². The van der Waals surface area contributed by atoms with Gasteiger partial charge in [-0.3, -0.25) is 0 Å². The van der Waals surface area contributed by atoms with Gasteiger partial charge in [-0.25, -0.2) is 0 Å². The second-order valence-corrected chi connectivity index (χ2v) is 9.00. The largest absolute Gasteiger partial charge is 2.00 e. The van der Waals surface area contributed by atoms with Gasteiger partial charge in [0.2, 0.25) is 0 Å². The van der Waals surface area contributed by atoms with Crippen molar-refractivity contribution in [1.82, 2.24) is 0 Å². The number of rotatable bonds is 2. The van der Waals surface area contributed by atoms with E-state index in [0.717, 1.165) is 15.0 Å². The summed E-state index contributed by atoms with van der Waals surface area (Å²) in [4.78, 5) is 0. The third-order valence-electron chi connectivity index (χ3n) is 5.71. The molecule has 0 aliphatic heterocycles. The first-order chi connectivity index (χ1) is 14.8. The maximum absolute atomic E-state index is 3.30. The van der Waals surface area contributed by atoms with Crippen LogP contribution in [0.1, 0.15) is 16.7 Å². The van der Waals surface area contributed by atoms with E-state index in [0.29, 0.717) is 0 Å². The standard InChI is InChI=1S/C16H14P.C13H9.Ti/c1-12-6-2-5-9-15(12)17-16-11-10-13-7-3-4-8-14(13)16;1-3-7-12-10(5-1)9-11-6-2-4-8-13(11)12;/h2-11,17H,1H3;1-5,7-8H,9H2;/q2*-1;+2. The van der Waals surface area contributed by atoms with E-state index in [4.69, 9.17) is 0 Å². The van der Waals surface area contributed by atoms with Gasteiger partial charge in [-0.05, 0) is 24.2 Å². The summed E-state index contributed by atoms with van der Waals surface area (Å²) in [5.74, 6) is 0. The van der Waals surface area contributed by atoms with Gasteiger partial charge in [0.15, 0.2) is 0 Å². The SMILES string of the molecule is Cc1ccccc1P[c-]1ccc2ccccc21.[Ti+2].[c-]1cccc2c1Cc1ccccc1-2. The van der Waals surface area contributed by atoms with E-state index in [9.17, 15) is 0 Å². The van der Waals surface area contributed by atoms with Gasteiger partial charge in [0, 0.05) is 0 Å². The van der Waals surface area contributed by atoms with Crippen LogP contribution in [0.3, 0.4) is 0 Å². The zero-order valence-electron chi connectivity index (χ0n) is 17.5. The fourth-order valence-corrected chi connectivity index (χ4v) is 5.39. The van der Waals surface area contributed by atoms with Gasteiger partial charge in [-0.15, -0.1) is 54.5 Å². The Morgan fingerprint density at radius 1 is 0.774 bits per heavy atom. The van der Waals surface area contributed by atoms with Crippen LogP contribution in [0.5, 0.6) is 0 Å².